The predicted molar refractivity (Wildman–Crippen MR) is 129 cm³/mol. The lowest BCUT2D eigenvalue weighted by atomic mass is 9.82. The second-order valence-corrected chi connectivity index (χ2v) is 9.80. The first-order chi connectivity index (χ1) is 15.4. The van der Waals surface area contributed by atoms with Crippen molar-refractivity contribution in [3.05, 3.63) is 58.1 Å². The zero-order valence-corrected chi connectivity index (χ0v) is 19.1. The third-order valence-corrected chi connectivity index (χ3v) is 7.65. The molecule has 2 unspecified atom stereocenters. The number of hydrogen-bond donors (Lipinski definition) is 1. The van der Waals surface area contributed by atoms with Crippen LogP contribution in [0.25, 0.3) is 22.0 Å². The van der Waals surface area contributed by atoms with Crippen molar-refractivity contribution in [2.75, 3.05) is 5.32 Å². The van der Waals surface area contributed by atoms with Gasteiger partial charge in [-0.2, -0.15) is 0 Å². The molecule has 2 aliphatic rings. The zero-order valence-electron chi connectivity index (χ0n) is 19.1. The molecule has 3 aromatic rings. The van der Waals surface area contributed by atoms with Crippen LogP contribution in [0.15, 0.2) is 41.3 Å². The number of nitrogens with zero attached hydrogens (tertiary/aromatic N) is 2. The Morgan fingerprint density at radius 2 is 1.75 bits per heavy atom. The van der Waals surface area contributed by atoms with Crippen LogP contribution in [0.5, 0.6) is 0 Å². The highest BCUT2D eigenvalue weighted by Crippen LogP contribution is 2.45. The van der Waals surface area contributed by atoms with Gasteiger partial charge in [-0.3, -0.25) is 14.6 Å². The SMILES string of the molecule is Cc1cc2c(cn1)cc(-c1cc(NC(=O)C3CC4CCCCC4C3)ccc1C)c(=O)n2C. The summed E-state index contributed by atoms with van der Waals surface area (Å²) in [5.41, 5.74) is 4.96. The predicted octanol–water partition coefficient (Wildman–Crippen LogP) is 5.37. The van der Waals surface area contributed by atoms with E-state index in [2.05, 4.69) is 10.3 Å². The molecule has 1 N–H and O–H groups in total. The molecule has 1 amide bonds. The third-order valence-electron chi connectivity index (χ3n) is 7.65. The first kappa shape index (κ1) is 20.9. The molecule has 2 fully saturated rings. The average Bonchev–Trinajstić information content (AvgIpc) is 3.23. The molecule has 5 heteroatoms. The summed E-state index contributed by atoms with van der Waals surface area (Å²) in [6.45, 7) is 3.92. The van der Waals surface area contributed by atoms with E-state index in [1.165, 1.54) is 25.7 Å². The standard InChI is InChI=1S/C27H31N3O2/c1-16-8-9-22(29-26(31)20-11-18-6-4-5-7-19(18)12-20)14-23(16)24-13-21-15-28-17(2)10-25(21)30(3)27(24)32/h8-10,13-15,18-20H,4-7,11-12H2,1-3H3,(H,29,31). The van der Waals surface area contributed by atoms with Crippen LogP contribution >= 0.6 is 0 Å². The Hall–Kier alpha value is -2.95. The molecular formula is C27H31N3O2. The number of benzene rings is 1. The maximum absolute atomic E-state index is 13.2. The molecule has 2 aliphatic carbocycles. The maximum Gasteiger partial charge on any atom is 0.258 e. The van der Waals surface area contributed by atoms with E-state index in [0.717, 1.165) is 58.1 Å². The Bertz CT molecular complexity index is 1250. The lowest BCUT2D eigenvalue weighted by molar-refractivity contribution is -0.119. The monoisotopic (exact) mass is 429 g/mol. The number of anilines is 1. The smallest absolute Gasteiger partial charge is 0.258 e. The van der Waals surface area contributed by atoms with E-state index < -0.39 is 0 Å². The lowest BCUT2D eigenvalue weighted by Gasteiger charge is -2.24. The summed E-state index contributed by atoms with van der Waals surface area (Å²) >= 11 is 0. The number of hydrogen-bond acceptors (Lipinski definition) is 3. The second-order valence-electron chi connectivity index (χ2n) is 9.80. The summed E-state index contributed by atoms with van der Waals surface area (Å²) in [6.07, 6.45) is 9.04. The summed E-state index contributed by atoms with van der Waals surface area (Å²) in [5.74, 6) is 1.69. The number of rotatable bonds is 3. The lowest BCUT2D eigenvalue weighted by Crippen LogP contribution is -2.21. The number of carbonyl (C=O) groups excluding carboxylic acids is 1. The van der Waals surface area contributed by atoms with E-state index in [4.69, 9.17) is 0 Å². The minimum atomic E-state index is -0.0467. The molecule has 2 heterocycles. The molecule has 5 rings (SSSR count). The molecule has 0 radical (unpaired) electrons. The van der Waals surface area contributed by atoms with Crippen LogP contribution in [0.2, 0.25) is 0 Å². The van der Waals surface area contributed by atoms with E-state index in [9.17, 15) is 9.59 Å². The van der Waals surface area contributed by atoms with Gasteiger partial charge in [-0.05, 0) is 73.9 Å². The van der Waals surface area contributed by atoms with Crippen molar-refractivity contribution < 1.29 is 4.79 Å². The normalized spacial score (nSPS) is 22.7. The Morgan fingerprint density at radius 1 is 1.03 bits per heavy atom. The summed E-state index contributed by atoms with van der Waals surface area (Å²) in [7, 11) is 1.80. The Morgan fingerprint density at radius 3 is 2.47 bits per heavy atom. The Labute approximate surface area is 188 Å². The fraction of sp³-hybridized carbons (Fsp3) is 0.444. The second kappa shape index (κ2) is 8.19. The largest absolute Gasteiger partial charge is 0.326 e. The fourth-order valence-corrected chi connectivity index (χ4v) is 5.84. The van der Waals surface area contributed by atoms with Crippen LogP contribution in [0.4, 0.5) is 5.69 Å². The van der Waals surface area contributed by atoms with Gasteiger partial charge in [0.05, 0.1) is 5.52 Å². The van der Waals surface area contributed by atoms with Crippen molar-refractivity contribution >= 4 is 22.5 Å². The Kier molecular flexibility index (Phi) is 5.36. The molecule has 0 spiro atoms. The maximum atomic E-state index is 13.2. The van der Waals surface area contributed by atoms with Gasteiger partial charge in [-0.25, -0.2) is 0 Å². The Balaban J connectivity index is 1.45. The molecule has 1 aromatic carbocycles. The van der Waals surface area contributed by atoms with Gasteiger partial charge in [0, 0.05) is 41.5 Å². The van der Waals surface area contributed by atoms with Gasteiger partial charge in [0.15, 0.2) is 0 Å². The molecule has 2 atom stereocenters. The molecule has 5 nitrogen and oxygen atoms in total. The van der Waals surface area contributed by atoms with Gasteiger partial charge in [-0.1, -0.05) is 31.7 Å². The number of aromatic nitrogens is 2. The van der Waals surface area contributed by atoms with Crippen LogP contribution in [-0.4, -0.2) is 15.5 Å². The van der Waals surface area contributed by atoms with E-state index in [1.807, 2.05) is 50.4 Å². The van der Waals surface area contributed by atoms with Crippen LogP contribution < -0.4 is 10.9 Å². The summed E-state index contributed by atoms with van der Waals surface area (Å²) in [4.78, 5) is 30.6. The topological polar surface area (TPSA) is 64.0 Å². The van der Waals surface area contributed by atoms with Crippen LogP contribution in [0.1, 0.15) is 49.8 Å². The third kappa shape index (κ3) is 3.74. The van der Waals surface area contributed by atoms with Crippen LogP contribution in [0, 0.1) is 31.6 Å². The fourth-order valence-electron chi connectivity index (χ4n) is 5.84. The zero-order chi connectivity index (χ0) is 22.4. The number of aryl methyl sites for hydroxylation is 3. The van der Waals surface area contributed by atoms with Crippen molar-refractivity contribution in [2.24, 2.45) is 24.8 Å². The summed E-state index contributed by atoms with van der Waals surface area (Å²) < 4.78 is 1.68. The van der Waals surface area contributed by atoms with Crippen molar-refractivity contribution in [3.63, 3.8) is 0 Å². The van der Waals surface area contributed by atoms with Gasteiger partial charge in [0.2, 0.25) is 5.91 Å². The molecule has 0 bridgehead atoms. The molecular weight excluding hydrogens is 398 g/mol. The molecule has 2 aromatic heterocycles. The minimum absolute atomic E-state index is 0.0467. The van der Waals surface area contributed by atoms with Gasteiger partial charge < -0.3 is 9.88 Å². The van der Waals surface area contributed by atoms with Crippen molar-refractivity contribution in [3.8, 4) is 11.1 Å². The highest BCUT2D eigenvalue weighted by atomic mass is 16.2. The summed E-state index contributed by atoms with van der Waals surface area (Å²) in [5, 5.41) is 4.08. The quantitative estimate of drug-likeness (QED) is 0.609. The number of nitrogens with one attached hydrogen (secondary N) is 1. The summed E-state index contributed by atoms with van der Waals surface area (Å²) in [6, 6.07) is 9.72. The molecule has 0 saturated heterocycles. The number of pyridine rings is 2. The van der Waals surface area contributed by atoms with Gasteiger partial charge in [0.25, 0.3) is 5.56 Å². The first-order valence-corrected chi connectivity index (χ1v) is 11.8. The number of fused-ring (bicyclic) bond motifs is 2. The average molecular weight is 430 g/mol. The van der Waals surface area contributed by atoms with Gasteiger partial charge in [0.1, 0.15) is 0 Å². The van der Waals surface area contributed by atoms with E-state index in [1.54, 1.807) is 11.6 Å². The van der Waals surface area contributed by atoms with Crippen LogP contribution in [0.3, 0.4) is 0 Å². The first-order valence-electron chi connectivity index (χ1n) is 11.8. The van der Waals surface area contributed by atoms with Crippen molar-refractivity contribution in [2.45, 2.75) is 52.4 Å². The van der Waals surface area contributed by atoms with Gasteiger partial charge in [-0.15, -0.1) is 0 Å². The van der Waals surface area contributed by atoms with Gasteiger partial charge >= 0.3 is 0 Å². The molecule has 166 valence electrons. The number of carbonyl (C=O) groups is 1. The molecule has 2 saturated carbocycles. The van der Waals surface area contributed by atoms with Crippen molar-refractivity contribution in [1.82, 2.24) is 9.55 Å². The molecule has 32 heavy (non-hydrogen) atoms. The van der Waals surface area contributed by atoms with E-state index in [-0.39, 0.29) is 17.4 Å². The molecule has 0 aliphatic heterocycles. The minimum Gasteiger partial charge on any atom is -0.326 e. The van der Waals surface area contributed by atoms with Crippen molar-refractivity contribution in [1.29, 1.82) is 0 Å². The van der Waals surface area contributed by atoms with E-state index in [0.29, 0.717) is 5.56 Å². The van der Waals surface area contributed by atoms with E-state index >= 15 is 0 Å². The highest BCUT2D eigenvalue weighted by molar-refractivity contribution is 5.94. The number of amides is 1. The highest BCUT2D eigenvalue weighted by Gasteiger charge is 2.38. The van der Waals surface area contributed by atoms with Crippen LogP contribution in [-0.2, 0) is 11.8 Å².